The molecule has 0 saturated carbocycles. The predicted molar refractivity (Wildman–Crippen MR) is 88.0 cm³/mol. The summed E-state index contributed by atoms with van der Waals surface area (Å²) < 4.78 is 0. The Hall–Kier alpha value is -2.85. The van der Waals surface area contributed by atoms with Crippen molar-refractivity contribution >= 4 is 34.8 Å². The average Bonchev–Trinajstić information content (AvgIpc) is 3.09. The molecule has 0 aromatic heterocycles. The molecule has 112 valence electrons. The van der Waals surface area contributed by atoms with Gasteiger partial charge >= 0.3 is 0 Å². The molecule has 2 heterocycles. The van der Waals surface area contributed by atoms with Gasteiger partial charge in [0, 0.05) is 5.02 Å². The van der Waals surface area contributed by atoms with Gasteiger partial charge in [0.25, 0.3) is 11.8 Å². The number of hydrogen-bond acceptors (Lipinski definition) is 2. The van der Waals surface area contributed by atoms with Crippen molar-refractivity contribution in [2.75, 3.05) is 0 Å². The summed E-state index contributed by atoms with van der Waals surface area (Å²) in [5.74, 6) is -0.552. The zero-order valence-corrected chi connectivity index (χ0v) is 12.6. The van der Waals surface area contributed by atoms with Crippen LogP contribution in [0.2, 0.25) is 5.02 Å². The maximum absolute atomic E-state index is 12.4. The van der Waals surface area contributed by atoms with Crippen LogP contribution in [-0.2, 0) is 9.59 Å². The summed E-state index contributed by atoms with van der Waals surface area (Å²) in [6.45, 7) is 0. The maximum atomic E-state index is 12.4. The number of carbonyl (C=O) groups is 2. The van der Waals surface area contributed by atoms with Gasteiger partial charge in [-0.3, -0.25) is 9.59 Å². The smallest absolute Gasteiger partial charge is 0.258 e. The molecule has 2 aliphatic heterocycles. The first-order valence-corrected chi connectivity index (χ1v) is 7.46. The van der Waals surface area contributed by atoms with E-state index in [0.717, 1.165) is 11.1 Å². The Bertz CT molecular complexity index is 896. The quantitative estimate of drug-likeness (QED) is 0.893. The van der Waals surface area contributed by atoms with Crippen LogP contribution < -0.4 is 10.6 Å². The lowest BCUT2D eigenvalue weighted by molar-refractivity contribution is -0.117. The van der Waals surface area contributed by atoms with Crippen LogP contribution in [0.1, 0.15) is 11.1 Å². The van der Waals surface area contributed by atoms with Crippen molar-refractivity contribution < 1.29 is 9.59 Å². The van der Waals surface area contributed by atoms with Crippen LogP contribution >= 0.6 is 11.6 Å². The highest BCUT2D eigenvalue weighted by molar-refractivity contribution is 6.31. The number of fused-ring (bicyclic) bond motifs is 1. The molecule has 2 aromatic carbocycles. The number of rotatable bonds is 2. The monoisotopic (exact) mass is 322 g/mol. The highest BCUT2D eigenvalue weighted by Crippen LogP contribution is 2.37. The van der Waals surface area contributed by atoms with Crippen LogP contribution in [0.3, 0.4) is 0 Å². The first-order chi connectivity index (χ1) is 11.1. The third kappa shape index (κ3) is 2.15. The fraction of sp³-hybridized carbons (Fsp3) is 0. The zero-order chi connectivity index (χ0) is 16.0. The Morgan fingerprint density at radius 3 is 1.65 bits per heavy atom. The van der Waals surface area contributed by atoms with Crippen molar-refractivity contribution in [3.8, 4) is 0 Å². The lowest BCUT2D eigenvalue weighted by Crippen LogP contribution is -2.21. The molecule has 0 saturated heterocycles. The molecule has 0 bridgehead atoms. The van der Waals surface area contributed by atoms with Crippen molar-refractivity contribution in [3.63, 3.8) is 0 Å². The Morgan fingerprint density at radius 1 is 0.652 bits per heavy atom. The number of carbonyl (C=O) groups excluding carboxylic acids is 2. The first kappa shape index (κ1) is 13.8. The van der Waals surface area contributed by atoms with Crippen molar-refractivity contribution in [1.29, 1.82) is 0 Å². The third-order valence-electron chi connectivity index (χ3n) is 3.88. The van der Waals surface area contributed by atoms with Gasteiger partial charge in [0.15, 0.2) is 0 Å². The summed E-state index contributed by atoms with van der Waals surface area (Å²) in [6, 6.07) is 16.3. The van der Waals surface area contributed by atoms with Crippen LogP contribution in [0.4, 0.5) is 0 Å². The predicted octanol–water partition coefficient (Wildman–Crippen LogP) is 2.72. The third-order valence-corrected chi connectivity index (χ3v) is 4.13. The lowest BCUT2D eigenvalue weighted by atomic mass is 10.0. The Labute approximate surface area is 137 Å². The van der Waals surface area contributed by atoms with Gasteiger partial charge in [0.1, 0.15) is 0 Å². The summed E-state index contributed by atoms with van der Waals surface area (Å²) in [7, 11) is 0. The van der Waals surface area contributed by atoms with E-state index in [1.165, 1.54) is 0 Å². The van der Waals surface area contributed by atoms with E-state index in [-0.39, 0.29) is 11.8 Å². The first-order valence-electron chi connectivity index (χ1n) is 7.08. The molecule has 23 heavy (non-hydrogen) atoms. The van der Waals surface area contributed by atoms with Crippen LogP contribution in [0.15, 0.2) is 65.7 Å². The van der Waals surface area contributed by atoms with Crippen LogP contribution in [0.5, 0.6) is 0 Å². The van der Waals surface area contributed by atoms with Gasteiger partial charge in [0.2, 0.25) is 0 Å². The van der Waals surface area contributed by atoms with Crippen LogP contribution in [0, 0.1) is 0 Å². The average molecular weight is 323 g/mol. The van der Waals surface area contributed by atoms with Gasteiger partial charge in [-0.1, -0.05) is 54.1 Å². The van der Waals surface area contributed by atoms with Gasteiger partial charge in [-0.2, -0.15) is 0 Å². The standard InChI is InChI=1S/C18H11ClN2O2/c19-12-8-6-11(7-9-12)16-14-13(17(22)21-16)15(20-18(14)23)10-4-2-1-3-5-10/h1-9H,(H,20,23)(H,21,22). The number of halogens is 1. The highest BCUT2D eigenvalue weighted by atomic mass is 35.5. The topological polar surface area (TPSA) is 58.2 Å². The molecule has 2 aliphatic rings. The molecule has 2 amide bonds. The van der Waals surface area contributed by atoms with Crippen molar-refractivity contribution in [2.45, 2.75) is 0 Å². The van der Waals surface area contributed by atoms with E-state index >= 15 is 0 Å². The molecular formula is C18H11ClN2O2. The Morgan fingerprint density at radius 2 is 1.13 bits per heavy atom. The second-order valence-electron chi connectivity index (χ2n) is 5.28. The van der Waals surface area contributed by atoms with E-state index in [1.54, 1.807) is 24.3 Å². The fourth-order valence-corrected chi connectivity index (χ4v) is 2.96. The number of benzene rings is 2. The SMILES string of the molecule is O=C1NC(c2ccc(Cl)cc2)=C2C(=O)NC(c3ccccc3)=C12. The van der Waals surface area contributed by atoms with E-state index < -0.39 is 0 Å². The second kappa shape index (κ2) is 5.11. The van der Waals surface area contributed by atoms with E-state index in [4.69, 9.17) is 11.6 Å². The van der Waals surface area contributed by atoms with Gasteiger partial charge in [0.05, 0.1) is 22.5 Å². The molecule has 0 fully saturated rings. The van der Waals surface area contributed by atoms with Crippen molar-refractivity contribution in [1.82, 2.24) is 10.6 Å². The van der Waals surface area contributed by atoms with E-state index in [9.17, 15) is 9.59 Å². The maximum Gasteiger partial charge on any atom is 0.258 e. The zero-order valence-electron chi connectivity index (χ0n) is 11.9. The summed E-state index contributed by atoms with van der Waals surface area (Å²) >= 11 is 5.90. The molecule has 4 nitrogen and oxygen atoms in total. The molecule has 2 aromatic rings. The minimum atomic E-state index is -0.276. The minimum Gasteiger partial charge on any atom is -0.321 e. The summed E-state index contributed by atoms with van der Waals surface area (Å²) in [4.78, 5) is 24.8. The van der Waals surface area contributed by atoms with Crippen LogP contribution in [-0.4, -0.2) is 11.8 Å². The van der Waals surface area contributed by atoms with Gasteiger partial charge in [-0.15, -0.1) is 0 Å². The molecule has 0 unspecified atom stereocenters. The molecule has 2 N–H and O–H groups in total. The minimum absolute atomic E-state index is 0.276. The van der Waals surface area contributed by atoms with E-state index in [0.29, 0.717) is 27.6 Å². The van der Waals surface area contributed by atoms with Gasteiger partial charge in [-0.05, 0) is 23.3 Å². The summed E-state index contributed by atoms with van der Waals surface area (Å²) in [5, 5.41) is 6.21. The number of nitrogens with one attached hydrogen (secondary N) is 2. The number of amides is 2. The van der Waals surface area contributed by atoms with Crippen LogP contribution in [0.25, 0.3) is 11.4 Å². The second-order valence-corrected chi connectivity index (χ2v) is 5.72. The van der Waals surface area contributed by atoms with Crippen molar-refractivity contribution in [2.24, 2.45) is 0 Å². The molecule has 5 heteroatoms. The molecule has 0 aliphatic carbocycles. The Kier molecular flexibility index (Phi) is 3.06. The summed E-state index contributed by atoms with van der Waals surface area (Å²) in [5.41, 5.74) is 3.40. The van der Waals surface area contributed by atoms with Crippen molar-refractivity contribution in [3.05, 3.63) is 81.9 Å². The van der Waals surface area contributed by atoms with Gasteiger partial charge in [-0.25, -0.2) is 0 Å². The molecular weight excluding hydrogens is 312 g/mol. The largest absolute Gasteiger partial charge is 0.321 e. The molecule has 0 spiro atoms. The van der Waals surface area contributed by atoms with E-state index in [2.05, 4.69) is 10.6 Å². The molecule has 4 rings (SSSR count). The van der Waals surface area contributed by atoms with Gasteiger partial charge < -0.3 is 10.6 Å². The normalized spacial score (nSPS) is 16.6. The van der Waals surface area contributed by atoms with E-state index in [1.807, 2.05) is 30.3 Å². The summed E-state index contributed by atoms with van der Waals surface area (Å²) in [6.07, 6.45) is 0. The molecule has 0 atom stereocenters. The highest BCUT2D eigenvalue weighted by Gasteiger charge is 2.40. The number of hydrogen-bond donors (Lipinski definition) is 2. The fourth-order valence-electron chi connectivity index (χ4n) is 2.84. The lowest BCUT2D eigenvalue weighted by Gasteiger charge is -2.07. The molecule has 0 radical (unpaired) electrons. The Balaban J connectivity index is 1.90.